The number of ether oxygens (including phenoxy) is 1. The van der Waals surface area contributed by atoms with Crippen LogP contribution in [0.5, 0.6) is 0 Å². The van der Waals surface area contributed by atoms with E-state index in [-0.39, 0.29) is 11.3 Å². The van der Waals surface area contributed by atoms with Gasteiger partial charge in [0.05, 0.1) is 18.4 Å². The third-order valence-electron chi connectivity index (χ3n) is 1.82. The van der Waals surface area contributed by atoms with Crippen molar-refractivity contribution >= 4 is 11.8 Å². The van der Waals surface area contributed by atoms with Gasteiger partial charge in [-0.1, -0.05) is 6.07 Å². The number of benzene rings is 1. The molecule has 0 heterocycles. The highest BCUT2D eigenvalue weighted by Gasteiger charge is 2.11. The Kier molecular flexibility index (Phi) is 3.93. The molecule has 0 saturated heterocycles. The van der Waals surface area contributed by atoms with Gasteiger partial charge in [0.1, 0.15) is 11.6 Å². The van der Waals surface area contributed by atoms with Gasteiger partial charge in [0.15, 0.2) is 0 Å². The van der Waals surface area contributed by atoms with Gasteiger partial charge in [0.2, 0.25) is 0 Å². The summed E-state index contributed by atoms with van der Waals surface area (Å²) in [7, 11) is 1.16. The van der Waals surface area contributed by atoms with Crippen molar-refractivity contribution in [1.29, 1.82) is 0 Å². The number of rotatable bonds is 2. The van der Waals surface area contributed by atoms with E-state index in [1.165, 1.54) is 13.0 Å². The summed E-state index contributed by atoms with van der Waals surface area (Å²) in [5.74, 6) is -1.49. The smallest absolute Gasteiger partial charge is 0.427 e. The molecule has 1 rings (SSSR count). The highest BCUT2D eigenvalue weighted by molar-refractivity contribution is 5.99. The van der Waals surface area contributed by atoms with Crippen LogP contribution in [0.15, 0.2) is 23.3 Å². The minimum absolute atomic E-state index is 0.0148. The van der Waals surface area contributed by atoms with E-state index in [9.17, 15) is 13.6 Å². The third kappa shape index (κ3) is 2.75. The van der Waals surface area contributed by atoms with Crippen molar-refractivity contribution in [2.75, 3.05) is 7.11 Å². The van der Waals surface area contributed by atoms with E-state index >= 15 is 0 Å². The number of amides is 1. The minimum atomic E-state index is -0.809. The molecule has 0 fully saturated rings. The molecule has 4 nitrogen and oxygen atoms in total. The van der Waals surface area contributed by atoms with Crippen molar-refractivity contribution < 1.29 is 18.3 Å². The maximum Gasteiger partial charge on any atom is 0.427 e. The van der Waals surface area contributed by atoms with Crippen LogP contribution in [0.1, 0.15) is 12.5 Å². The zero-order chi connectivity index (χ0) is 12.1. The standard InChI is InChI=1S/C10H10F2N2O2/c1-6(13-14-10(15)16-2)9-7(11)4-3-5-8(9)12/h3-5H,1-2H3,(H,14,15)/b13-6-. The van der Waals surface area contributed by atoms with Crippen LogP contribution in [-0.4, -0.2) is 18.9 Å². The fraction of sp³-hybridized carbons (Fsp3) is 0.200. The molecule has 0 bridgehead atoms. The molecule has 0 radical (unpaired) electrons. The lowest BCUT2D eigenvalue weighted by atomic mass is 10.1. The fourth-order valence-corrected chi connectivity index (χ4v) is 1.07. The second kappa shape index (κ2) is 5.20. The van der Waals surface area contributed by atoms with Crippen LogP contribution >= 0.6 is 0 Å². The lowest BCUT2D eigenvalue weighted by Gasteiger charge is -2.04. The molecule has 86 valence electrons. The van der Waals surface area contributed by atoms with Crippen LogP contribution in [-0.2, 0) is 4.74 Å². The first-order chi connectivity index (χ1) is 7.56. The van der Waals surface area contributed by atoms with Gasteiger partial charge in [-0.3, -0.25) is 0 Å². The Morgan fingerprint density at radius 2 is 1.94 bits per heavy atom. The van der Waals surface area contributed by atoms with Crippen LogP contribution in [0.2, 0.25) is 0 Å². The second-order valence-corrected chi connectivity index (χ2v) is 2.90. The van der Waals surface area contributed by atoms with Gasteiger partial charge >= 0.3 is 6.09 Å². The Labute approximate surface area is 90.9 Å². The SMILES string of the molecule is COC(=O)N/N=C(/C)c1c(F)cccc1F. The van der Waals surface area contributed by atoms with Crippen LogP contribution in [0.3, 0.4) is 0 Å². The molecule has 0 aliphatic heterocycles. The molecule has 6 heteroatoms. The summed E-state index contributed by atoms with van der Waals surface area (Å²) in [5.41, 5.74) is 1.71. The van der Waals surface area contributed by atoms with E-state index < -0.39 is 17.7 Å². The molecule has 0 atom stereocenters. The molecular formula is C10H10F2N2O2. The van der Waals surface area contributed by atoms with Crippen LogP contribution in [0, 0.1) is 11.6 Å². The summed E-state index contributed by atoms with van der Waals surface area (Å²) in [4.78, 5) is 10.7. The normalized spacial score (nSPS) is 11.1. The van der Waals surface area contributed by atoms with E-state index in [4.69, 9.17) is 0 Å². The molecule has 0 unspecified atom stereocenters. The van der Waals surface area contributed by atoms with Gasteiger partial charge in [0, 0.05) is 0 Å². The Bertz CT molecular complexity index is 413. The zero-order valence-electron chi connectivity index (χ0n) is 8.75. The van der Waals surface area contributed by atoms with Gasteiger partial charge < -0.3 is 4.74 Å². The summed E-state index contributed by atoms with van der Waals surface area (Å²) in [6.45, 7) is 1.37. The molecule has 0 aliphatic carbocycles. The molecule has 1 aromatic carbocycles. The highest BCUT2D eigenvalue weighted by Crippen LogP contribution is 2.12. The highest BCUT2D eigenvalue weighted by atomic mass is 19.1. The Morgan fingerprint density at radius 1 is 1.38 bits per heavy atom. The van der Waals surface area contributed by atoms with Gasteiger partial charge in [-0.25, -0.2) is 19.0 Å². The monoisotopic (exact) mass is 228 g/mol. The van der Waals surface area contributed by atoms with Crippen LogP contribution in [0.25, 0.3) is 0 Å². The number of hydrogen-bond acceptors (Lipinski definition) is 3. The molecule has 16 heavy (non-hydrogen) atoms. The third-order valence-corrected chi connectivity index (χ3v) is 1.82. The summed E-state index contributed by atoms with van der Waals surface area (Å²) in [6.07, 6.45) is -0.809. The van der Waals surface area contributed by atoms with E-state index in [0.717, 1.165) is 19.2 Å². The number of nitrogens with zero attached hydrogens (tertiary/aromatic N) is 1. The first-order valence-corrected chi connectivity index (χ1v) is 4.39. The fourth-order valence-electron chi connectivity index (χ4n) is 1.07. The Morgan fingerprint density at radius 3 is 2.44 bits per heavy atom. The first-order valence-electron chi connectivity index (χ1n) is 4.39. The van der Waals surface area contributed by atoms with Crippen LogP contribution in [0.4, 0.5) is 13.6 Å². The number of carbonyl (C=O) groups is 1. The quantitative estimate of drug-likeness (QED) is 0.622. The largest absolute Gasteiger partial charge is 0.452 e. The van der Waals surface area contributed by atoms with Gasteiger partial charge in [0.25, 0.3) is 0 Å². The van der Waals surface area contributed by atoms with E-state index in [1.54, 1.807) is 0 Å². The summed E-state index contributed by atoms with van der Waals surface area (Å²) >= 11 is 0. The Hall–Kier alpha value is -1.98. The summed E-state index contributed by atoms with van der Waals surface area (Å²) in [5, 5.41) is 3.50. The molecule has 0 spiro atoms. The predicted octanol–water partition coefficient (Wildman–Crippen LogP) is 2.04. The van der Waals surface area contributed by atoms with E-state index in [2.05, 4.69) is 9.84 Å². The Balaban J connectivity index is 2.96. The zero-order valence-corrected chi connectivity index (χ0v) is 8.75. The molecule has 0 saturated carbocycles. The predicted molar refractivity (Wildman–Crippen MR) is 54.1 cm³/mol. The number of nitrogens with one attached hydrogen (secondary N) is 1. The molecule has 1 aromatic rings. The maximum atomic E-state index is 13.2. The second-order valence-electron chi connectivity index (χ2n) is 2.90. The molecule has 0 aliphatic rings. The van der Waals surface area contributed by atoms with Crippen molar-refractivity contribution in [1.82, 2.24) is 5.43 Å². The number of carbonyl (C=O) groups excluding carboxylic acids is 1. The first kappa shape index (κ1) is 12.1. The average molecular weight is 228 g/mol. The molecule has 1 N–H and O–H groups in total. The number of hydrazone groups is 1. The van der Waals surface area contributed by atoms with E-state index in [0.29, 0.717) is 0 Å². The lowest BCUT2D eigenvalue weighted by molar-refractivity contribution is 0.171. The van der Waals surface area contributed by atoms with Crippen molar-refractivity contribution in [3.8, 4) is 0 Å². The topological polar surface area (TPSA) is 50.7 Å². The van der Waals surface area contributed by atoms with Crippen molar-refractivity contribution in [2.45, 2.75) is 6.92 Å². The van der Waals surface area contributed by atoms with Crippen molar-refractivity contribution in [3.05, 3.63) is 35.4 Å². The van der Waals surface area contributed by atoms with Crippen molar-refractivity contribution in [2.24, 2.45) is 5.10 Å². The molecular weight excluding hydrogens is 218 g/mol. The maximum absolute atomic E-state index is 13.2. The summed E-state index contributed by atoms with van der Waals surface area (Å²) in [6, 6.07) is 3.46. The number of halogens is 2. The lowest BCUT2D eigenvalue weighted by Crippen LogP contribution is -2.19. The van der Waals surface area contributed by atoms with E-state index in [1.807, 2.05) is 5.43 Å². The van der Waals surface area contributed by atoms with Crippen LogP contribution < -0.4 is 5.43 Å². The summed E-state index contributed by atoms with van der Waals surface area (Å²) < 4.78 is 30.7. The average Bonchev–Trinajstić information content (AvgIpc) is 2.25. The number of hydrogen-bond donors (Lipinski definition) is 1. The number of methoxy groups -OCH3 is 1. The van der Waals surface area contributed by atoms with Gasteiger partial charge in [-0.2, -0.15) is 5.10 Å². The minimum Gasteiger partial charge on any atom is -0.452 e. The van der Waals surface area contributed by atoms with Gasteiger partial charge in [-0.05, 0) is 19.1 Å². The molecule has 0 aromatic heterocycles. The van der Waals surface area contributed by atoms with Crippen molar-refractivity contribution in [3.63, 3.8) is 0 Å². The molecule has 1 amide bonds. The van der Waals surface area contributed by atoms with Gasteiger partial charge in [-0.15, -0.1) is 0 Å².